The van der Waals surface area contributed by atoms with Crippen molar-refractivity contribution in [2.24, 2.45) is 5.92 Å². The first-order chi connectivity index (χ1) is 15.1. The van der Waals surface area contributed by atoms with Crippen LogP contribution in [0, 0.1) is 11.7 Å². The van der Waals surface area contributed by atoms with Crippen molar-refractivity contribution < 1.29 is 9.18 Å². The zero-order valence-corrected chi connectivity index (χ0v) is 19.4. The van der Waals surface area contributed by atoms with E-state index in [9.17, 15) is 9.18 Å². The summed E-state index contributed by atoms with van der Waals surface area (Å²) >= 11 is 1.43. The third-order valence-electron chi connectivity index (χ3n) is 5.96. The van der Waals surface area contributed by atoms with Gasteiger partial charge >= 0.3 is 0 Å². The molecule has 0 saturated carbocycles. The van der Waals surface area contributed by atoms with Crippen molar-refractivity contribution in [3.05, 3.63) is 41.5 Å². The summed E-state index contributed by atoms with van der Waals surface area (Å²) in [4.78, 5) is 19.0. The Morgan fingerprint density at radius 3 is 2.58 bits per heavy atom. The van der Waals surface area contributed by atoms with Crippen LogP contribution in [0.25, 0.3) is 0 Å². The molecule has 1 aliphatic heterocycles. The number of anilines is 1. The lowest BCUT2D eigenvalue weighted by atomic mass is 9.97. The van der Waals surface area contributed by atoms with Gasteiger partial charge in [-0.15, -0.1) is 0 Å². The van der Waals surface area contributed by atoms with Crippen molar-refractivity contribution in [3.8, 4) is 0 Å². The van der Waals surface area contributed by atoms with Crippen LogP contribution in [0.5, 0.6) is 0 Å². The first-order valence-corrected chi connectivity index (χ1v) is 12.5. The fraction of sp³-hybridized carbons (Fsp3) is 0.625. The number of rotatable bonds is 12. The van der Waals surface area contributed by atoms with Crippen molar-refractivity contribution in [2.45, 2.75) is 71.1 Å². The van der Waals surface area contributed by atoms with Gasteiger partial charge in [0.1, 0.15) is 11.6 Å². The fourth-order valence-electron chi connectivity index (χ4n) is 3.97. The molecule has 7 heteroatoms. The Morgan fingerprint density at radius 2 is 1.84 bits per heavy atom. The number of carbonyl (C=O) groups excluding carboxylic acids is 1. The standard InChI is InChI=1S/C24H35FN4OS/c1-2-3-4-5-6-7-8-23(30)26-18-20-13-15-29(16-14-20)24-27-22(28-31-24)17-19-9-11-21(25)12-10-19/h9-12,20H,2-8,13-18H2,1H3,(H,26,30). The molecule has 0 spiro atoms. The summed E-state index contributed by atoms with van der Waals surface area (Å²) in [5.74, 6) is 1.30. The van der Waals surface area contributed by atoms with Crippen molar-refractivity contribution >= 4 is 22.6 Å². The van der Waals surface area contributed by atoms with Crippen LogP contribution >= 0.6 is 11.5 Å². The number of piperidine rings is 1. The van der Waals surface area contributed by atoms with Crippen LogP contribution in [0.1, 0.15) is 76.1 Å². The molecule has 0 unspecified atom stereocenters. The average Bonchev–Trinajstić information content (AvgIpc) is 3.25. The second-order valence-electron chi connectivity index (χ2n) is 8.55. The summed E-state index contributed by atoms with van der Waals surface area (Å²) in [5, 5.41) is 4.10. The molecule has 31 heavy (non-hydrogen) atoms. The summed E-state index contributed by atoms with van der Waals surface area (Å²) in [6, 6.07) is 6.50. The van der Waals surface area contributed by atoms with E-state index in [0.717, 1.165) is 61.8 Å². The zero-order valence-electron chi connectivity index (χ0n) is 18.6. The summed E-state index contributed by atoms with van der Waals surface area (Å²) in [7, 11) is 0. The lowest BCUT2D eigenvalue weighted by molar-refractivity contribution is -0.121. The van der Waals surface area contributed by atoms with Gasteiger partial charge in [-0.05, 0) is 42.9 Å². The van der Waals surface area contributed by atoms with Crippen LogP contribution in [0.4, 0.5) is 9.52 Å². The Bertz CT molecular complexity index is 787. The van der Waals surface area contributed by atoms with Crippen LogP contribution in [-0.2, 0) is 11.2 Å². The largest absolute Gasteiger partial charge is 0.356 e. The fourth-order valence-corrected chi connectivity index (χ4v) is 4.71. The summed E-state index contributed by atoms with van der Waals surface area (Å²) in [5.41, 5.74) is 1.01. The number of amides is 1. The predicted molar refractivity (Wildman–Crippen MR) is 125 cm³/mol. The van der Waals surface area contributed by atoms with Crippen LogP contribution < -0.4 is 10.2 Å². The third kappa shape index (κ3) is 8.20. The Hall–Kier alpha value is -2.02. The smallest absolute Gasteiger partial charge is 0.220 e. The molecule has 170 valence electrons. The van der Waals surface area contributed by atoms with Gasteiger partial charge in [-0.2, -0.15) is 4.37 Å². The molecule has 1 aromatic heterocycles. The molecular weight excluding hydrogens is 411 g/mol. The highest BCUT2D eigenvalue weighted by Gasteiger charge is 2.22. The van der Waals surface area contributed by atoms with Gasteiger partial charge < -0.3 is 10.2 Å². The number of benzene rings is 1. The summed E-state index contributed by atoms with van der Waals surface area (Å²) < 4.78 is 17.5. The molecule has 1 N–H and O–H groups in total. The lowest BCUT2D eigenvalue weighted by Crippen LogP contribution is -2.38. The van der Waals surface area contributed by atoms with Gasteiger partial charge in [0.15, 0.2) is 0 Å². The number of aromatic nitrogens is 2. The molecule has 1 aromatic carbocycles. The predicted octanol–water partition coefficient (Wildman–Crippen LogP) is 5.35. The quantitative estimate of drug-likeness (QED) is 0.447. The van der Waals surface area contributed by atoms with Gasteiger partial charge in [0, 0.05) is 44.0 Å². The normalized spacial score (nSPS) is 14.7. The second-order valence-corrected chi connectivity index (χ2v) is 9.28. The van der Waals surface area contributed by atoms with Gasteiger partial charge in [0.2, 0.25) is 11.0 Å². The van der Waals surface area contributed by atoms with Gasteiger partial charge in [-0.25, -0.2) is 9.37 Å². The first-order valence-electron chi connectivity index (χ1n) is 11.7. The minimum atomic E-state index is -0.225. The number of unbranched alkanes of at least 4 members (excludes halogenated alkanes) is 5. The number of hydrogen-bond acceptors (Lipinski definition) is 5. The van der Waals surface area contributed by atoms with Crippen molar-refractivity contribution in [3.63, 3.8) is 0 Å². The summed E-state index contributed by atoms with van der Waals surface area (Å²) in [6.45, 7) is 4.90. The van der Waals surface area contributed by atoms with E-state index in [0.29, 0.717) is 18.8 Å². The van der Waals surface area contributed by atoms with Crippen LogP contribution in [0.15, 0.2) is 24.3 Å². The Labute approximate surface area is 189 Å². The van der Waals surface area contributed by atoms with Crippen molar-refractivity contribution in [2.75, 3.05) is 24.5 Å². The van der Waals surface area contributed by atoms with E-state index in [2.05, 4.69) is 26.5 Å². The first kappa shape index (κ1) is 23.6. The zero-order chi connectivity index (χ0) is 21.9. The number of halogens is 1. The van der Waals surface area contributed by atoms with E-state index in [1.807, 2.05) is 0 Å². The average molecular weight is 447 g/mol. The number of hydrogen-bond donors (Lipinski definition) is 1. The summed E-state index contributed by atoms with van der Waals surface area (Å²) in [6.07, 6.45) is 10.7. The molecule has 0 atom stereocenters. The Balaban J connectivity index is 1.32. The number of carbonyl (C=O) groups is 1. The van der Waals surface area contributed by atoms with E-state index in [1.165, 1.54) is 49.3 Å². The molecule has 2 heterocycles. The maximum Gasteiger partial charge on any atom is 0.220 e. The van der Waals surface area contributed by atoms with E-state index in [1.54, 1.807) is 12.1 Å². The number of nitrogens with one attached hydrogen (secondary N) is 1. The molecule has 1 saturated heterocycles. The van der Waals surface area contributed by atoms with Gasteiger partial charge in [0.25, 0.3) is 0 Å². The van der Waals surface area contributed by atoms with Crippen molar-refractivity contribution in [1.82, 2.24) is 14.7 Å². The molecule has 1 aliphatic rings. The number of nitrogens with zero attached hydrogens (tertiary/aromatic N) is 3. The third-order valence-corrected chi connectivity index (χ3v) is 6.78. The minimum Gasteiger partial charge on any atom is -0.356 e. The molecule has 5 nitrogen and oxygen atoms in total. The van der Waals surface area contributed by atoms with Crippen LogP contribution in [0.2, 0.25) is 0 Å². The van der Waals surface area contributed by atoms with Crippen LogP contribution in [0.3, 0.4) is 0 Å². The molecular formula is C24H35FN4OS. The molecule has 3 rings (SSSR count). The Kier molecular flexibility index (Phi) is 9.72. The minimum absolute atomic E-state index is 0.201. The topological polar surface area (TPSA) is 58.1 Å². The second kappa shape index (κ2) is 12.7. The Morgan fingerprint density at radius 1 is 1.13 bits per heavy atom. The molecule has 0 aliphatic carbocycles. The maximum atomic E-state index is 13.1. The highest BCUT2D eigenvalue weighted by Crippen LogP contribution is 2.25. The maximum absolute atomic E-state index is 13.1. The van der Waals surface area contributed by atoms with E-state index in [-0.39, 0.29) is 11.7 Å². The van der Waals surface area contributed by atoms with E-state index >= 15 is 0 Å². The molecule has 0 bridgehead atoms. The highest BCUT2D eigenvalue weighted by molar-refractivity contribution is 7.09. The molecule has 1 amide bonds. The lowest BCUT2D eigenvalue weighted by Gasteiger charge is -2.31. The van der Waals surface area contributed by atoms with Crippen molar-refractivity contribution in [1.29, 1.82) is 0 Å². The van der Waals surface area contributed by atoms with E-state index < -0.39 is 0 Å². The van der Waals surface area contributed by atoms with Gasteiger partial charge in [-0.1, -0.05) is 51.2 Å². The van der Waals surface area contributed by atoms with Crippen LogP contribution in [-0.4, -0.2) is 34.9 Å². The SMILES string of the molecule is CCCCCCCCC(=O)NCC1CCN(c2nc(Cc3ccc(F)cc3)ns2)CC1. The van der Waals surface area contributed by atoms with E-state index in [4.69, 9.17) is 0 Å². The molecule has 1 fully saturated rings. The molecule has 2 aromatic rings. The molecule has 0 radical (unpaired) electrons. The van der Waals surface area contributed by atoms with Gasteiger partial charge in [-0.3, -0.25) is 4.79 Å². The monoisotopic (exact) mass is 446 g/mol. The highest BCUT2D eigenvalue weighted by atomic mass is 32.1. The van der Waals surface area contributed by atoms with Gasteiger partial charge in [0.05, 0.1) is 0 Å².